The molecule has 0 amide bonds. The van der Waals surface area contributed by atoms with Gasteiger partial charge >= 0.3 is 0 Å². The molecule has 6 nitrogen and oxygen atoms in total. The predicted octanol–water partition coefficient (Wildman–Crippen LogP) is 3.42. The molecule has 0 atom stereocenters. The summed E-state index contributed by atoms with van der Waals surface area (Å²) in [5.41, 5.74) is 4.08. The number of hydrogen-bond acceptors (Lipinski definition) is 6. The summed E-state index contributed by atoms with van der Waals surface area (Å²) in [7, 11) is 3.80. The summed E-state index contributed by atoms with van der Waals surface area (Å²) in [6.45, 7) is 1.98. The summed E-state index contributed by atoms with van der Waals surface area (Å²) in [4.78, 5) is 15.2. The smallest absolute Gasteiger partial charge is 0.227 e. The first-order chi connectivity index (χ1) is 12.1. The number of pyridine rings is 1. The SMILES string of the molecule is COc1cc2c(cc1Nc1ncc3ccnc(Cl)c3n1)CN(C)CC2. The Bertz CT molecular complexity index is 946. The van der Waals surface area contributed by atoms with E-state index in [1.54, 1.807) is 19.5 Å². The lowest BCUT2D eigenvalue weighted by atomic mass is 9.99. The van der Waals surface area contributed by atoms with Crippen LogP contribution < -0.4 is 10.1 Å². The van der Waals surface area contributed by atoms with E-state index >= 15 is 0 Å². The molecule has 0 saturated heterocycles. The molecule has 1 aromatic carbocycles. The highest BCUT2D eigenvalue weighted by molar-refractivity contribution is 6.33. The van der Waals surface area contributed by atoms with Crippen molar-refractivity contribution in [2.24, 2.45) is 0 Å². The third kappa shape index (κ3) is 3.10. The molecule has 2 aromatic heterocycles. The first-order valence-electron chi connectivity index (χ1n) is 8.06. The average molecular weight is 356 g/mol. The number of rotatable bonds is 3. The molecule has 0 spiro atoms. The van der Waals surface area contributed by atoms with Crippen molar-refractivity contribution in [2.75, 3.05) is 26.0 Å². The lowest BCUT2D eigenvalue weighted by Gasteiger charge is -2.26. The Labute approximate surface area is 150 Å². The van der Waals surface area contributed by atoms with E-state index in [9.17, 15) is 0 Å². The molecule has 3 aromatic rings. The van der Waals surface area contributed by atoms with Gasteiger partial charge in [0.25, 0.3) is 0 Å². The van der Waals surface area contributed by atoms with Gasteiger partial charge in [0.2, 0.25) is 5.95 Å². The molecule has 7 heteroatoms. The topological polar surface area (TPSA) is 63.2 Å². The minimum absolute atomic E-state index is 0.363. The molecule has 0 fully saturated rings. The zero-order valence-electron chi connectivity index (χ0n) is 14.1. The normalized spacial score (nSPS) is 14.4. The minimum Gasteiger partial charge on any atom is -0.495 e. The number of anilines is 2. The van der Waals surface area contributed by atoms with Crippen LogP contribution in [0.4, 0.5) is 11.6 Å². The lowest BCUT2D eigenvalue weighted by Crippen LogP contribution is -2.26. The van der Waals surface area contributed by atoms with Crippen molar-refractivity contribution in [2.45, 2.75) is 13.0 Å². The molecule has 1 aliphatic heterocycles. The third-order valence-electron chi connectivity index (χ3n) is 4.43. The molecule has 0 bridgehead atoms. The molecule has 0 radical (unpaired) electrons. The monoisotopic (exact) mass is 355 g/mol. The summed E-state index contributed by atoms with van der Waals surface area (Å²) < 4.78 is 5.55. The van der Waals surface area contributed by atoms with E-state index in [0.29, 0.717) is 16.6 Å². The number of ether oxygens (including phenoxy) is 1. The first-order valence-corrected chi connectivity index (χ1v) is 8.44. The van der Waals surface area contributed by atoms with E-state index in [0.717, 1.165) is 36.3 Å². The number of nitrogens with zero attached hydrogens (tertiary/aromatic N) is 4. The van der Waals surface area contributed by atoms with Crippen LogP contribution >= 0.6 is 11.6 Å². The van der Waals surface area contributed by atoms with E-state index < -0.39 is 0 Å². The molecule has 1 N–H and O–H groups in total. The van der Waals surface area contributed by atoms with Crippen molar-refractivity contribution in [3.05, 3.63) is 46.9 Å². The van der Waals surface area contributed by atoms with Gasteiger partial charge in [0.05, 0.1) is 12.8 Å². The number of nitrogens with one attached hydrogen (secondary N) is 1. The third-order valence-corrected chi connectivity index (χ3v) is 4.70. The summed E-state index contributed by atoms with van der Waals surface area (Å²) in [5.74, 6) is 1.24. The van der Waals surface area contributed by atoms with Gasteiger partial charge in [0.15, 0.2) is 5.15 Å². The Balaban J connectivity index is 1.72. The van der Waals surface area contributed by atoms with Crippen molar-refractivity contribution in [1.29, 1.82) is 0 Å². The van der Waals surface area contributed by atoms with Crippen LogP contribution in [0.1, 0.15) is 11.1 Å². The van der Waals surface area contributed by atoms with Gasteiger partial charge in [-0.25, -0.2) is 15.0 Å². The van der Waals surface area contributed by atoms with E-state index in [-0.39, 0.29) is 0 Å². The molecule has 25 heavy (non-hydrogen) atoms. The van der Waals surface area contributed by atoms with Crippen LogP contribution in [0.2, 0.25) is 5.15 Å². The lowest BCUT2D eigenvalue weighted by molar-refractivity contribution is 0.312. The van der Waals surface area contributed by atoms with Crippen LogP contribution in [0.5, 0.6) is 5.75 Å². The molecule has 3 heterocycles. The summed E-state index contributed by atoms with van der Waals surface area (Å²) in [6.07, 6.45) is 4.40. The van der Waals surface area contributed by atoms with E-state index in [2.05, 4.69) is 44.3 Å². The predicted molar refractivity (Wildman–Crippen MR) is 98.7 cm³/mol. The largest absolute Gasteiger partial charge is 0.495 e. The number of likely N-dealkylation sites (N-methyl/N-ethyl adjacent to an activating group) is 1. The van der Waals surface area contributed by atoms with Gasteiger partial charge in [-0.3, -0.25) is 0 Å². The van der Waals surface area contributed by atoms with Crippen LogP contribution in [0.25, 0.3) is 10.9 Å². The molecule has 1 aliphatic rings. The van der Waals surface area contributed by atoms with Gasteiger partial charge in [0, 0.05) is 30.9 Å². The van der Waals surface area contributed by atoms with E-state index in [1.807, 2.05) is 6.07 Å². The molecule has 4 rings (SSSR count). The maximum absolute atomic E-state index is 6.14. The Morgan fingerprint density at radius 2 is 2.12 bits per heavy atom. The second-order valence-electron chi connectivity index (χ2n) is 6.17. The number of fused-ring (bicyclic) bond motifs is 2. The second kappa shape index (κ2) is 6.46. The van der Waals surface area contributed by atoms with Crippen molar-refractivity contribution < 1.29 is 4.74 Å². The number of benzene rings is 1. The van der Waals surface area contributed by atoms with Crippen LogP contribution in [0, 0.1) is 0 Å². The Morgan fingerprint density at radius 3 is 2.96 bits per heavy atom. The number of halogens is 1. The zero-order chi connectivity index (χ0) is 17.4. The van der Waals surface area contributed by atoms with Crippen LogP contribution in [-0.4, -0.2) is 40.6 Å². The first kappa shape index (κ1) is 16.1. The van der Waals surface area contributed by atoms with Gasteiger partial charge < -0.3 is 15.0 Å². The Kier molecular flexibility index (Phi) is 4.15. The molecular weight excluding hydrogens is 338 g/mol. The summed E-state index contributed by atoms with van der Waals surface area (Å²) >= 11 is 6.14. The number of hydrogen-bond donors (Lipinski definition) is 1. The van der Waals surface area contributed by atoms with Gasteiger partial charge in [-0.1, -0.05) is 11.6 Å². The quantitative estimate of drug-likeness (QED) is 0.726. The van der Waals surface area contributed by atoms with Gasteiger partial charge in [-0.05, 0) is 42.8 Å². The van der Waals surface area contributed by atoms with Gasteiger partial charge in [-0.15, -0.1) is 0 Å². The maximum Gasteiger partial charge on any atom is 0.227 e. The Hall–Kier alpha value is -2.44. The average Bonchev–Trinajstić information content (AvgIpc) is 2.62. The van der Waals surface area contributed by atoms with Crippen molar-refractivity contribution in [3.8, 4) is 5.75 Å². The number of aromatic nitrogens is 3. The van der Waals surface area contributed by atoms with E-state index in [1.165, 1.54) is 11.1 Å². The highest BCUT2D eigenvalue weighted by Crippen LogP contribution is 2.33. The molecular formula is C18H18ClN5O. The second-order valence-corrected chi connectivity index (χ2v) is 6.53. The van der Waals surface area contributed by atoms with Gasteiger partial charge in [-0.2, -0.15) is 0 Å². The van der Waals surface area contributed by atoms with Gasteiger partial charge in [0.1, 0.15) is 11.3 Å². The maximum atomic E-state index is 6.14. The molecule has 0 saturated carbocycles. The van der Waals surface area contributed by atoms with E-state index in [4.69, 9.17) is 16.3 Å². The number of methoxy groups -OCH3 is 1. The van der Waals surface area contributed by atoms with Crippen LogP contribution in [-0.2, 0) is 13.0 Å². The van der Waals surface area contributed by atoms with Crippen molar-refractivity contribution in [1.82, 2.24) is 19.9 Å². The van der Waals surface area contributed by atoms with Crippen molar-refractivity contribution >= 4 is 34.1 Å². The van der Waals surface area contributed by atoms with Crippen LogP contribution in [0.3, 0.4) is 0 Å². The standard InChI is InChI=1S/C18H18ClN5O/c1-24-6-4-11-8-15(25-2)14(7-13(11)10-24)22-18-21-9-12-3-5-20-17(19)16(12)23-18/h3,5,7-9H,4,6,10H2,1-2H3,(H,21,22,23). The minimum atomic E-state index is 0.363. The molecule has 0 aliphatic carbocycles. The summed E-state index contributed by atoms with van der Waals surface area (Å²) in [6, 6.07) is 6.04. The van der Waals surface area contributed by atoms with Crippen LogP contribution in [0.15, 0.2) is 30.6 Å². The Morgan fingerprint density at radius 1 is 1.24 bits per heavy atom. The fourth-order valence-corrected chi connectivity index (χ4v) is 3.31. The fourth-order valence-electron chi connectivity index (χ4n) is 3.10. The summed E-state index contributed by atoms with van der Waals surface area (Å²) in [5, 5.41) is 4.47. The fraction of sp³-hybridized carbons (Fsp3) is 0.278. The zero-order valence-corrected chi connectivity index (χ0v) is 14.8. The molecule has 128 valence electrons. The molecule has 0 unspecified atom stereocenters. The highest BCUT2D eigenvalue weighted by Gasteiger charge is 2.17. The highest BCUT2D eigenvalue weighted by atomic mass is 35.5. The van der Waals surface area contributed by atoms with Crippen molar-refractivity contribution in [3.63, 3.8) is 0 Å².